The largest absolute Gasteiger partial charge is 0.285 e. The van der Waals surface area contributed by atoms with E-state index in [1.54, 1.807) is 30.6 Å². The highest BCUT2D eigenvalue weighted by atomic mass is 32.2. The molecular formula is C10H9NO3S. The number of hydrogen-bond acceptors (Lipinski definition) is 3. The molecule has 0 saturated heterocycles. The molecule has 0 aliphatic heterocycles. The fourth-order valence-corrected chi connectivity index (χ4v) is 2.16. The van der Waals surface area contributed by atoms with E-state index < -0.39 is 10.1 Å². The lowest BCUT2D eigenvalue weighted by Gasteiger charge is -2.03. The second kappa shape index (κ2) is 3.60. The Kier molecular flexibility index (Phi) is 2.42. The van der Waals surface area contributed by atoms with E-state index in [0.29, 0.717) is 5.56 Å². The van der Waals surface area contributed by atoms with Crippen LogP contribution in [0.3, 0.4) is 0 Å². The summed E-state index contributed by atoms with van der Waals surface area (Å²) in [6, 6.07) is 6.99. The zero-order chi connectivity index (χ0) is 10.9. The van der Waals surface area contributed by atoms with E-state index in [0.717, 1.165) is 10.8 Å². The van der Waals surface area contributed by atoms with Crippen LogP contribution >= 0.6 is 0 Å². The molecular weight excluding hydrogens is 214 g/mol. The Hall–Kier alpha value is -1.46. The summed E-state index contributed by atoms with van der Waals surface area (Å²) >= 11 is 0. The molecule has 15 heavy (non-hydrogen) atoms. The zero-order valence-electron chi connectivity index (χ0n) is 7.79. The van der Waals surface area contributed by atoms with E-state index in [9.17, 15) is 8.42 Å². The van der Waals surface area contributed by atoms with Crippen molar-refractivity contribution in [2.75, 3.05) is 0 Å². The molecule has 0 bridgehead atoms. The van der Waals surface area contributed by atoms with E-state index in [2.05, 4.69) is 4.98 Å². The first-order chi connectivity index (χ1) is 7.06. The second-order valence-corrected chi connectivity index (χ2v) is 4.69. The summed E-state index contributed by atoms with van der Waals surface area (Å²) in [7, 11) is -3.99. The SMILES string of the molecule is O=S(=O)(O)Cc1cccc2cnccc12. The molecule has 0 saturated carbocycles. The lowest BCUT2D eigenvalue weighted by atomic mass is 10.1. The van der Waals surface area contributed by atoms with Gasteiger partial charge in [-0.2, -0.15) is 8.42 Å². The Labute approximate surface area is 87.3 Å². The van der Waals surface area contributed by atoms with Gasteiger partial charge in [-0.05, 0) is 17.0 Å². The highest BCUT2D eigenvalue weighted by molar-refractivity contribution is 7.85. The van der Waals surface area contributed by atoms with Crippen molar-refractivity contribution in [2.24, 2.45) is 0 Å². The van der Waals surface area contributed by atoms with Gasteiger partial charge in [0.25, 0.3) is 10.1 Å². The van der Waals surface area contributed by atoms with Crippen LogP contribution in [0.15, 0.2) is 36.7 Å². The fraction of sp³-hybridized carbons (Fsp3) is 0.100. The van der Waals surface area contributed by atoms with Gasteiger partial charge in [0.1, 0.15) is 5.75 Å². The average molecular weight is 223 g/mol. The van der Waals surface area contributed by atoms with Gasteiger partial charge in [-0.15, -0.1) is 0 Å². The standard InChI is InChI=1S/C10H9NO3S/c12-15(13,14)7-9-3-1-2-8-6-11-5-4-10(8)9/h1-6H,7H2,(H,12,13,14). The molecule has 0 aliphatic rings. The van der Waals surface area contributed by atoms with Gasteiger partial charge >= 0.3 is 0 Å². The number of aromatic nitrogens is 1. The van der Waals surface area contributed by atoms with E-state index in [1.165, 1.54) is 0 Å². The minimum Gasteiger partial charge on any atom is -0.285 e. The lowest BCUT2D eigenvalue weighted by Crippen LogP contribution is -2.01. The predicted molar refractivity (Wildman–Crippen MR) is 57.0 cm³/mol. The molecule has 1 aromatic carbocycles. The Morgan fingerprint density at radius 3 is 2.80 bits per heavy atom. The van der Waals surface area contributed by atoms with Gasteiger partial charge in [0.2, 0.25) is 0 Å². The first-order valence-electron chi connectivity index (χ1n) is 4.33. The molecule has 4 nitrogen and oxygen atoms in total. The summed E-state index contributed by atoms with van der Waals surface area (Å²) in [6.45, 7) is 0. The Morgan fingerprint density at radius 2 is 2.07 bits per heavy atom. The number of benzene rings is 1. The maximum Gasteiger partial charge on any atom is 0.269 e. The number of fused-ring (bicyclic) bond motifs is 1. The second-order valence-electron chi connectivity index (χ2n) is 3.24. The summed E-state index contributed by atoms with van der Waals surface area (Å²) in [5.74, 6) is -0.367. The van der Waals surface area contributed by atoms with Crippen LogP contribution in [0.25, 0.3) is 10.8 Å². The highest BCUT2D eigenvalue weighted by Gasteiger charge is 2.09. The minimum absolute atomic E-state index is 0.367. The zero-order valence-corrected chi connectivity index (χ0v) is 8.61. The predicted octanol–water partition coefficient (Wildman–Crippen LogP) is 1.62. The maximum absolute atomic E-state index is 10.8. The Balaban J connectivity index is 2.61. The van der Waals surface area contributed by atoms with E-state index in [1.807, 2.05) is 6.07 Å². The molecule has 1 aromatic heterocycles. The van der Waals surface area contributed by atoms with Gasteiger partial charge in [-0.25, -0.2) is 0 Å². The molecule has 78 valence electrons. The monoisotopic (exact) mass is 223 g/mol. The van der Waals surface area contributed by atoms with Crippen LogP contribution < -0.4 is 0 Å². The average Bonchev–Trinajstić information content (AvgIpc) is 2.16. The third-order valence-electron chi connectivity index (χ3n) is 2.11. The Morgan fingerprint density at radius 1 is 1.27 bits per heavy atom. The molecule has 1 heterocycles. The van der Waals surface area contributed by atoms with Gasteiger partial charge in [-0.1, -0.05) is 18.2 Å². The molecule has 2 aromatic rings. The van der Waals surface area contributed by atoms with E-state index in [4.69, 9.17) is 4.55 Å². The van der Waals surface area contributed by atoms with Gasteiger partial charge in [0, 0.05) is 17.8 Å². The van der Waals surface area contributed by atoms with Crippen LogP contribution in [0.1, 0.15) is 5.56 Å². The van der Waals surface area contributed by atoms with Crippen LogP contribution in [0, 0.1) is 0 Å². The third-order valence-corrected chi connectivity index (χ3v) is 2.78. The number of hydrogen-bond donors (Lipinski definition) is 1. The van der Waals surface area contributed by atoms with E-state index in [-0.39, 0.29) is 5.75 Å². The van der Waals surface area contributed by atoms with Crippen molar-refractivity contribution >= 4 is 20.9 Å². The first-order valence-corrected chi connectivity index (χ1v) is 5.94. The molecule has 0 atom stereocenters. The Bertz CT molecular complexity index is 587. The summed E-state index contributed by atoms with van der Waals surface area (Å²) in [4.78, 5) is 3.94. The van der Waals surface area contributed by atoms with E-state index >= 15 is 0 Å². The number of nitrogens with zero attached hydrogens (tertiary/aromatic N) is 1. The van der Waals surface area contributed by atoms with Crippen molar-refractivity contribution in [3.05, 3.63) is 42.2 Å². The highest BCUT2D eigenvalue weighted by Crippen LogP contribution is 2.18. The normalized spacial score (nSPS) is 11.8. The van der Waals surface area contributed by atoms with Gasteiger partial charge in [0.15, 0.2) is 0 Å². The maximum atomic E-state index is 10.8. The van der Waals surface area contributed by atoms with Crippen LogP contribution in [0.5, 0.6) is 0 Å². The summed E-state index contributed by atoms with van der Waals surface area (Å²) < 4.78 is 30.4. The van der Waals surface area contributed by atoms with Crippen molar-refractivity contribution in [2.45, 2.75) is 5.75 Å². The molecule has 0 aliphatic carbocycles. The van der Waals surface area contributed by atoms with Crippen LogP contribution in [0.4, 0.5) is 0 Å². The molecule has 0 radical (unpaired) electrons. The topological polar surface area (TPSA) is 67.3 Å². The van der Waals surface area contributed by atoms with Crippen molar-refractivity contribution in [3.8, 4) is 0 Å². The first kappa shape index (κ1) is 10.1. The lowest BCUT2D eigenvalue weighted by molar-refractivity contribution is 0.482. The van der Waals surface area contributed by atoms with Crippen molar-refractivity contribution in [1.29, 1.82) is 0 Å². The molecule has 0 amide bonds. The summed E-state index contributed by atoms with van der Waals surface area (Å²) in [6.07, 6.45) is 3.25. The third kappa shape index (κ3) is 2.31. The van der Waals surface area contributed by atoms with Crippen molar-refractivity contribution < 1.29 is 13.0 Å². The fourth-order valence-electron chi connectivity index (χ4n) is 1.51. The number of pyridine rings is 1. The quantitative estimate of drug-likeness (QED) is 0.785. The van der Waals surface area contributed by atoms with Crippen molar-refractivity contribution in [3.63, 3.8) is 0 Å². The molecule has 0 spiro atoms. The molecule has 0 unspecified atom stereocenters. The van der Waals surface area contributed by atoms with Gasteiger partial charge in [0.05, 0.1) is 0 Å². The van der Waals surface area contributed by atoms with Crippen LogP contribution in [-0.2, 0) is 15.9 Å². The van der Waals surface area contributed by atoms with Crippen LogP contribution in [-0.4, -0.2) is 18.0 Å². The molecule has 5 heteroatoms. The molecule has 0 fully saturated rings. The summed E-state index contributed by atoms with van der Waals surface area (Å²) in [5.41, 5.74) is 0.581. The number of rotatable bonds is 2. The summed E-state index contributed by atoms with van der Waals surface area (Å²) in [5, 5.41) is 1.66. The minimum atomic E-state index is -3.99. The molecule has 1 N–H and O–H groups in total. The van der Waals surface area contributed by atoms with Crippen molar-refractivity contribution in [1.82, 2.24) is 4.98 Å². The smallest absolute Gasteiger partial charge is 0.269 e. The molecule has 2 rings (SSSR count). The van der Waals surface area contributed by atoms with Crippen LogP contribution in [0.2, 0.25) is 0 Å². The van der Waals surface area contributed by atoms with Gasteiger partial charge in [-0.3, -0.25) is 9.54 Å². The van der Waals surface area contributed by atoms with Gasteiger partial charge < -0.3 is 0 Å².